The second-order valence-electron chi connectivity index (χ2n) is 6.06. The van der Waals surface area contributed by atoms with Crippen LogP contribution in [-0.4, -0.2) is 40.1 Å². The minimum atomic E-state index is -0.230. The third-order valence-corrected chi connectivity index (χ3v) is 4.05. The lowest BCUT2D eigenvalue weighted by Crippen LogP contribution is -2.37. The van der Waals surface area contributed by atoms with Crippen LogP contribution in [0.1, 0.15) is 28.5 Å². The molecule has 0 fully saturated rings. The fourth-order valence-corrected chi connectivity index (χ4v) is 2.56. The van der Waals surface area contributed by atoms with E-state index in [1.165, 1.54) is 5.56 Å². The quantitative estimate of drug-likeness (QED) is 0.881. The molecule has 6 heteroatoms. The molecule has 0 bridgehead atoms. The Morgan fingerprint density at radius 3 is 2.67 bits per heavy atom. The number of rotatable bonds is 3. The Morgan fingerprint density at radius 2 is 1.96 bits per heavy atom. The van der Waals surface area contributed by atoms with E-state index in [2.05, 4.69) is 10.4 Å². The first kappa shape index (κ1) is 16.0. The van der Waals surface area contributed by atoms with Crippen molar-refractivity contribution in [2.75, 3.05) is 18.9 Å². The normalized spacial score (nSPS) is 14.5. The van der Waals surface area contributed by atoms with Crippen molar-refractivity contribution in [2.24, 2.45) is 0 Å². The van der Waals surface area contributed by atoms with E-state index in [1.807, 2.05) is 37.3 Å². The monoisotopic (exact) mass is 324 g/mol. The zero-order valence-corrected chi connectivity index (χ0v) is 14.0. The molecular weight excluding hydrogens is 304 g/mol. The van der Waals surface area contributed by atoms with Gasteiger partial charge in [0, 0.05) is 25.2 Å². The Balaban J connectivity index is 1.74. The minimum Gasteiger partial charge on any atom is -0.339 e. The van der Waals surface area contributed by atoms with Crippen molar-refractivity contribution in [1.29, 1.82) is 0 Å². The van der Waals surface area contributed by atoms with Crippen LogP contribution in [0.25, 0.3) is 6.08 Å². The van der Waals surface area contributed by atoms with Crippen LogP contribution in [-0.2, 0) is 11.3 Å². The molecule has 2 amide bonds. The van der Waals surface area contributed by atoms with Crippen LogP contribution in [0.3, 0.4) is 0 Å². The van der Waals surface area contributed by atoms with Gasteiger partial charge in [-0.15, -0.1) is 0 Å². The Morgan fingerprint density at radius 1 is 1.25 bits per heavy atom. The predicted octanol–water partition coefficient (Wildman–Crippen LogP) is 2.32. The number of aryl methyl sites for hydroxylation is 1. The Kier molecular flexibility index (Phi) is 4.20. The molecule has 3 rings (SSSR count). The average molecular weight is 324 g/mol. The number of likely N-dealkylation sites (N-methyl/N-ethyl adjacent to an activating group) is 1. The van der Waals surface area contributed by atoms with E-state index in [-0.39, 0.29) is 11.8 Å². The Labute approximate surface area is 140 Å². The van der Waals surface area contributed by atoms with Crippen molar-refractivity contribution >= 4 is 23.7 Å². The van der Waals surface area contributed by atoms with Gasteiger partial charge in [-0.25, -0.2) is 0 Å². The lowest BCUT2D eigenvalue weighted by molar-refractivity contribution is -0.112. The van der Waals surface area contributed by atoms with E-state index in [9.17, 15) is 9.59 Å². The van der Waals surface area contributed by atoms with Gasteiger partial charge in [-0.3, -0.25) is 14.3 Å². The first-order chi connectivity index (χ1) is 11.4. The molecule has 2 heterocycles. The van der Waals surface area contributed by atoms with Crippen LogP contribution < -0.4 is 5.32 Å². The van der Waals surface area contributed by atoms with Crippen LogP contribution in [0, 0.1) is 6.92 Å². The topological polar surface area (TPSA) is 67.2 Å². The summed E-state index contributed by atoms with van der Waals surface area (Å²) in [6.07, 6.45) is 1.82. The van der Waals surface area contributed by atoms with Gasteiger partial charge in [-0.05, 0) is 25.5 Å². The molecule has 1 N–H and O–H groups in total. The molecule has 1 aliphatic rings. The SMILES string of the molecule is C/C(=C\c1ccc(C)cc1)C(=O)Nc1cc2n(n1)CCN(C)C2=O. The van der Waals surface area contributed by atoms with Gasteiger partial charge in [0.25, 0.3) is 11.8 Å². The molecule has 1 aromatic carbocycles. The third kappa shape index (κ3) is 3.22. The summed E-state index contributed by atoms with van der Waals surface area (Å²) in [6.45, 7) is 5.02. The van der Waals surface area contributed by atoms with Crippen molar-refractivity contribution in [2.45, 2.75) is 20.4 Å². The molecule has 1 aromatic heterocycles. The standard InChI is InChI=1S/C18H20N4O2/c1-12-4-6-14(7-5-12)10-13(2)17(23)19-16-11-15-18(24)21(3)8-9-22(15)20-16/h4-7,10-11H,8-9H2,1-3H3,(H,19,20,23)/b13-10+. The minimum absolute atomic E-state index is 0.0823. The predicted molar refractivity (Wildman–Crippen MR) is 92.6 cm³/mol. The first-order valence-electron chi connectivity index (χ1n) is 7.83. The lowest BCUT2D eigenvalue weighted by Gasteiger charge is -2.22. The number of anilines is 1. The number of nitrogens with zero attached hydrogens (tertiary/aromatic N) is 3. The molecule has 0 spiro atoms. The van der Waals surface area contributed by atoms with Crippen LogP contribution >= 0.6 is 0 Å². The summed E-state index contributed by atoms with van der Waals surface area (Å²) in [5.41, 5.74) is 3.22. The zero-order valence-electron chi connectivity index (χ0n) is 14.0. The number of hydrogen-bond acceptors (Lipinski definition) is 3. The van der Waals surface area contributed by atoms with Crippen LogP contribution in [0.5, 0.6) is 0 Å². The molecule has 0 saturated carbocycles. The van der Waals surface area contributed by atoms with Crippen molar-refractivity contribution < 1.29 is 9.59 Å². The number of nitrogens with one attached hydrogen (secondary N) is 1. The molecular formula is C18H20N4O2. The summed E-state index contributed by atoms with van der Waals surface area (Å²) in [5.74, 6) is 0.0864. The maximum atomic E-state index is 12.3. The summed E-state index contributed by atoms with van der Waals surface area (Å²) >= 11 is 0. The molecule has 2 aromatic rings. The van der Waals surface area contributed by atoms with Gasteiger partial charge >= 0.3 is 0 Å². The average Bonchev–Trinajstić information content (AvgIpc) is 2.96. The van der Waals surface area contributed by atoms with E-state index >= 15 is 0 Å². The summed E-state index contributed by atoms with van der Waals surface area (Å²) in [4.78, 5) is 26.0. The summed E-state index contributed by atoms with van der Waals surface area (Å²) in [7, 11) is 1.76. The fraction of sp³-hybridized carbons (Fsp3) is 0.278. The second-order valence-corrected chi connectivity index (χ2v) is 6.06. The number of amides is 2. The molecule has 24 heavy (non-hydrogen) atoms. The van der Waals surface area contributed by atoms with E-state index in [0.717, 1.165) is 5.56 Å². The van der Waals surface area contributed by atoms with Crippen molar-refractivity contribution in [3.63, 3.8) is 0 Å². The van der Waals surface area contributed by atoms with Crippen molar-refractivity contribution in [3.05, 3.63) is 52.7 Å². The second kappa shape index (κ2) is 6.31. The molecule has 0 aliphatic carbocycles. The molecule has 124 valence electrons. The number of carbonyl (C=O) groups is 2. The molecule has 0 radical (unpaired) electrons. The molecule has 1 aliphatic heterocycles. The largest absolute Gasteiger partial charge is 0.339 e. The van der Waals surface area contributed by atoms with Crippen molar-refractivity contribution in [3.8, 4) is 0 Å². The van der Waals surface area contributed by atoms with Gasteiger partial charge in [0.1, 0.15) is 5.69 Å². The van der Waals surface area contributed by atoms with Gasteiger partial charge < -0.3 is 10.2 Å². The van der Waals surface area contributed by atoms with Gasteiger partial charge in [0.05, 0.1) is 6.54 Å². The molecule has 0 unspecified atom stereocenters. The smallest absolute Gasteiger partial charge is 0.272 e. The van der Waals surface area contributed by atoms with Crippen LogP contribution in [0.15, 0.2) is 35.9 Å². The highest BCUT2D eigenvalue weighted by Gasteiger charge is 2.24. The Bertz CT molecular complexity index is 818. The van der Waals surface area contributed by atoms with Crippen LogP contribution in [0.4, 0.5) is 5.82 Å². The summed E-state index contributed by atoms with van der Waals surface area (Å²) in [6, 6.07) is 9.56. The maximum absolute atomic E-state index is 12.3. The first-order valence-corrected chi connectivity index (χ1v) is 7.83. The fourth-order valence-electron chi connectivity index (χ4n) is 2.56. The number of aromatic nitrogens is 2. The number of hydrogen-bond donors (Lipinski definition) is 1. The molecule has 0 atom stereocenters. The number of fused-ring (bicyclic) bond motifs is 1. The summed E-state index contributed by atoms with van der Waals surface area (Å²) < 4.78 is 1.64. The number of carbonyl (C=O) groups excluding carboxylic acids is 2. The highest BCUT2D eigenvalue weighted by atomic mass is 16.2. The highest BCUT2D eigenvalue weighted by Crippen LogP contribution is 2.17. The lowest BCUT2D eigenvalue weighted by atomic mass is 10.1. The van der Waals surface area contributed by atoms with Crippen LogP contribution in [0.2, 0.25) is 0 Å². The molecule has 0 saturated heterocycles. The van der Waals surface area contributed by atoms with Crippen molar-refractivity contribution in [1.82, 2.24) is 14.7 Å². The van der Waals surface area contributed by atoms with E-state index in [0.29, 0.717) is 30.2 Å². The van der Waals surface area contributed by atoms with Gasteiger partial charge in [0.15, 0.2) is 5.82 Å². The number of benzene rings is 1. The highest BCUT2D eigenvalue weighted by molar-refractivity contribution is 6.06. The molecule has 6 nitrogen and oxygen atoms in total. The van der Waals surface area contributed by atoms with E-state index in [4.69, 9.17) is 0 Å². The third-order valence-electron chi connectivity index (χ3n) is 4.05. The van der Waals surface area contributed by atoms with E-state index < -0.39 is 0 Å². The maximum Gasteiger partial charge on any atom is 0.272 e. The van der Waals surface area contributed by atoms with Gasteiger partial charge in [-0.2, -0.15) is 5.10 Å². The zero-order chi connectivity index (χ0) is 17.3. The Hall–Kier alpha value is -2.89. The summed E-state index contributed by atoms with van der Waals surface area (Å²) in [5, 5.41) is 7.04. The van der Waals surface area contributed by atoms with E-state index in [1.54, 1.807) is 29.6 Å². The van der Waals surface area contributed by atoms with Gasteiger partial charge in [0.2, 0.25) is 0 Å². The van der Waals surface area contributed by atoms with Gasteiger partial charge in [-0.1, -0.05) is 29.8 Å².